The summed E-state index contributed by atoms with van der Waals surface area (Å²) in [4.78, 5) is 7.14. The van der Waals surface area contributed by atoms with Crippen molar-refractivity contribution in [1.29, 1.82) is 0 Å². The molecule has 2 heterocycles. The second-order valence-corrected chi connectivity index (χ2v) is 6.88. The molecule has 1 aromatic heterocycles. The fourth-order valence-electron chi connectivity index (χ4n) is 3.15. The summed E-state index contributed by atoms with van der Waals surface area (Å²) < 4.78 is 4.49. The Morgan fingerprint density at radius 3 is 2.56 bits per heavy atom. The number of nitrogens with zero attached hydrogens (tertiary/aromatic N) is 3. The first-order valence-corrected chi connectivity index (χ1v) is 7.02. The van der Waals surface area contributed by atoms with Gasteiger partial charge in [0.05, 0.1) is 0 Å². The zero-order chi connectivity index (χ0) is 10.9. The van der Waals surface area contributed by atoms with Gasteiger partial charge in [-0.1, -0.05) is 13.8 Å². The number of anilines is 1. The summed E-state index contributed by atoms with van der Waals surface area (Å²) in [5.41, 5.74) is 0.598. The van der Waals surface area contributed by atoms with Gasteiger partial charge in [0.2, 0.25) is 5.13 Å². The van der Waals surface area contributed by atoms with Crippen LogP contribution in [0.4, 0.5) is 5.13 Å². The lowest BCUT2D eigenvalue weighted by Gasteiger charge is -2.20. The summed E-state index contributed by atoms with van der Waals surface area (Å²) in [5, 5.41) is 1.17. The number of rotatable bonds is 2. The predicted octanol–water partition coefficient (Wildman–Crippen LogP) is 2.51. The minimum atomic E-state index is 0.598. The van der Waals surface area contributed by atoms with Gasteiger partial charge in [-0.25, -0.2) is 4.98 Å². The second kappa shape index (κ2) is 2.78. The first-order chi connectivity index (χ1) is 7.66. The quantitative estimate of drug-likeness (QED) is 0.788. The van der Waals surface area contributed by atoms with Gasteiger partial charge in [-0.3, -0.25) is 0 Å². The molecule has 4 heteroatoms. The van der Waals surface area contributed by atoms with Crippen molar-refractivity contribution in [3.8, 4) is 0 Å². The maximum absolute atomic E-state index is 4.69. The average Bonchev–Trinajstić information content (AvgIpc) is 3.00. The van der Waals surface area contributed by atoms with E-state index in [0.29, 0.717) is 11.3 Å². The molecule has 2 saturated carbocycles. The van der Waals surface area contributed by atoms with Gasteiger partial charge in [0, 0.05) is 30.5 Å². The Hall–Kier alpha value is -0.640. The van der Waals surface area contributed by atoms with E-state index in [-0.39, 0.29) is 0 Å². The molecule has 0 aromatic carbocycles. The molecule has 0 radical (unpaired) electrons. The fourth-order valence-corrected chi connectivity index (χ4v) is 3.91. The second-order valence-electron chi connectivity index (χ2n) is 6.15. The Morgan fingerprint density at radius 2 is 1.94 bits per heavy atom. The van der Waals surface area contributed by atoms with E-state index >= 15 is 0 Å². The third kappa shape index (κ3) is 1.19. The van der Waals surface area contributed by atoms with E-state index in [4.69, 9.17) is 4.98 Å². The summed E-state index contributed by atoms with van der Waals surface area (Å²) in [6.07, 6.45) is 2.60. The lowest BCUT2D eigenvalue weighted by Crippen LogP contribution is -2.25. The minimum absolute atomic E-state index is 0.598. The molecule has 2 unspecified atom stereocenters. The van der Waals surface area contributed by atoms with Crippen LogP contribution in [-0.4, -0.2) is 22.4 Å². The number of fused-ring (bicyclic) bond motifs is 1. The van der Waals surface area contributed by atoms with Gasteiger partial charge in [-0.05, 0) is 30.1 Å². The van der Waals surface area contributed by atoms with Crippen molar-refractivity contribution in [2.75, 3.05) is 18.0 Å². The van der Waals surface area contributed by atoms with Crippen LogP contribution in [0.2, 0.25) is 0 Å². The van der Waals surface area contributed by atoms with Gasteiger partial charge in [-0.15, -0.1) is 0 Å². The number of hydrogen-bond donors (Lipinski definition) is 0. The van der Waals surface area contributed by atoms with Crippen molar-refractivity contribution >= 4 is 16.7 Å². The first-order valence-electron chi connectivity index (χ1n) is 6.25. The average molecular weight is 235 g/mol. The van der Waals surface area contributed by atoms with E-state index < -0.39 is 0 Å². The van der Waals surface area contributed by atoms with Gasteiger partial charge in [0.15, 0.2) is 0 Å². The van der Waals surface area contributed by atoms with Crippen molar-refractivity contribution in [2.24, 2.45) is 17.3 Å². The van der Waals surface area contributed by atoms with Gasteiger partial charge in [0.1, 0.15) is 5.82 Å². The molecule has 3 nitrogen and oxygen atoms in total. The molecule has 1 saturated heterocycles. The highest BCUT2D eigenvalue weighted by molar-refractivity contribution is 7.09. The maximum Gasteiger partial charge on any atom is 0.205 e. The zero-order valence-electron chi connectivity index (χ0n) is 9.81. The molecule has 2 atom stereocenters. The Kier molecular flexibility index (Phi) is 1.63. The lowest BCUT2D eigenvalue weighted by molar-refractivity contribution is 0.499. The van der Waals surface area contributed by atoms with Crippen LogP contribution < -0.4 is 4.90 Å². The molecule has 86 valence electrons. The molecule has 4 rings (SSSR count). The van der Waals surface area contributed by atoms with Crippen LogP contribution >= 0.6 is 11.5 Å². The monoisotopic (exact) mass is 235 g/mol. The Labute approximate surface area is 100 Å². The SMILES string of the molecule is CC1(C)C2CN(c3nc(C4CC4)ns3)CC21. The number of piperidine rings is 1. The lowest BCUT2D eigenvalue weighted by atomic mass is 10.1. The summed E-state index contributed by atoms with van der Waals surface area (Å²) in [6.45, 7) is 7.21. The van der Waals surface area contributed by atoms with Gasteiger partial charge >= 0.3 is 0 Å². The van der Waals surface area contributed by atoms with Crippen molar-refractivity contribution in [3.63, 3.8) is 0 Å². The third-order valence-corrected chi connectivity index (χ3v) is 5.56. The van der Waals surface area contributed by atoms with Crippen LogP contribution in [0.5, 0.6) is 0 Å². The van der Waals surface area contributed by atoms with Crippen molar-refractivity contribution in [2.45, 2.75) is 32.6 Å². The zero-order valence-corrected chi connectivity index (χ0v) is 10.6. The van der Waals surface area contributed by atoms with E-state index in [9.17, 15) is 0 Å². The Morgan fingerprint density at radius 1 is 1.25 bits per heavy atom. The van der Waals surface area contributed by atoms with Crippen LogP contribution in [0.3, 0.4) is 0 Å². The summed E-state index contributed by atoms with van der Waals surface area (Å²) in [5.74, 6) is 3.61. The van der Waals surface area contributed by atoms with Crippen LogP contribution in [-0.2, 0) is 0 Å². The van der Waals surface area contributed by atoms with Crippen LogP contribution in [0.1, 0.15) is 38.4 Å². The molecule has 1 aromatic rings. The van der Waals surface area contributed by atoms with Gasteiger partial charge in [0.25, 0.3) is 0 Å². The van der Waals surface area contributed by atoms with Gasteiger partial charge in [-0.2, -0.15) is 4.37 Å². The number of aromatic nitrogens is 2. The predicted molar refractivity (Wildman–Crippen MR) is 64.9 cm³/mol. The summed E-state index contributed by atoms with van der Waals surface area (Å²) >= 11 is 1.60. The topological polar surface area (TPSA) is 29.0 Å². The Bertz CT molecular complexity index is 421. The molecule has 0 N–H and O–H groups in total. The Balaban J connectivity index is 1.51. The standard InChI is InChI=1S/C12H17N3S/c1-12(2)8-5-15(6-9(8)12)11-13-10(14-16-11)7-3-4-7/h7-9H,3-6H2,1-2H3. The van der Waals surface area contributed by atoms with Crippen molar-refractivity contribution < 1.29 is 0 Å². The summed E-state index contributed by atoms with van der Waals surface area (Å²) in [6, 6.07) is 0. The highest BCUT2D eigenvalue weighted by atomic mass is 32.1. The van der Waals surface area contributed by atoms with E-state index in [0.717, 1.165) is 17.7 Å². The highest BCUT2D eigenvalue weighted by Gasteiger charge is 2.62. The normalized spacial score (nSPS) is 35.2. The smallest absolute Gasteiger partial charge is 0.205 e. The molecule has 0 amide bonds. The molecule has 3 aliphatic rings. The molecule has 0 spiro atoms. The maximum atomic E-state index is 4.69. The van der Waals surface area contributed by atoms with E-state index in [1.807, 2.05) is 0 Å². The molecular formula is C12H17N3S. The molecule has 0 bridgehead atoms. The first kappa shape index (κ1) is 9.40. The van der Waals surface area contributed by atoms with Crippen molar-refractivity contribution in [1.82, 2.24) is 9.36 Å². The largest absolute Gasteiger partial charge is 0.346 e. The van der Waals surface area contributed by atoms with Crippen molar-refractivity contribution in [3.05, 3.63) is 5.82 Å². The van der Waals surface area contributed by atoms with Crippen LogP contribution in [0, 0.1) is 17.3 Å². The molecule has 1 aliphatic heterocycles. The van der Waals surface area contributed by atoms with Crippen LogP contribution in [0.15, 0.2) is 0 Å². The van der Waals surface area contributed by atoms with E-state index in [2.05, 4.69) is 23.1 Å². The van der Waals surface area contributed by atoms with Gasteiger partial charge < -0.3 is 4.90 Å². The molecular weight excluding hydrogens is 218 g/mol. The molecule has 2 aliphatic carbocycles. The van der Waals surface area contributed by atoms with E-state index in [1.165, 1.54) is 31.1 Å². The fraction of sp³-hybridized carbons (Fsp3) is 0.833. The summed E-state index contributed by atoms with van der Waals surface area (Å²) in [7, 11) is 0. The molecule has 3 fully saturated rings. The molecule has 16 heavy (non-hydrogen) atoms. The van der Waals surface area contributed by atoms with Crippen LogP contribution in [0.25, 0.3) is 0 Å². The third-order valence-electron chi connectivity index (χ3n) is 4.77. The van der Waals surface area contributed by atoms with E-state index in [1.54, 1.807) is 11.5 Å². The minimum Gasteiger partial charge on any atom is -0.346 e. The number of hydrogen-bond acceptors (Lipinski definition) is 4. The highest BCUT2D eigenvalue weighted by Crippen LogP contribution is 2.62.